The fourth-order valence-electron chi connectivity index (χ4n) is 2.17. The van der Waals surface area contributed by atoms with E-state index in [2.05, 4.69) is 28.0 Å². The Morgan fingerprint density at radius 3 is 2.70 bits per heavy atom. The zero-order valence-electron chi connectivity index (χ0n) is 11.3. The van der Waals surface area contributed by atoms with Crippen LogP contribution in [0.2, 0.25) is 10.0 Å². The highest BCUT2D eigenvalue weighted by Gasteiger charge is 2.18. The summed E-state index contributed by atoms with van der Waals surface area (Å²) in [5.74, 6) is 0. The first-order chi connectivity index (χ1) is 9.45. The van der Waals surface area contributed by atoms with Gasteiger partial charge in [-0.05, 0) is 34.0 Å². The van der Waals surface area contributed by atoms with Crippen LogP contribution in [0.25, 0.3) is 0 Å². The van der Waals surface area contributed by atoms with Gasteiger partial charge in [-0.2, -0.15) is 5.10 Å². The molecule has 0 aliphatic rings. The minimum absolute atomic E-state index is 0.224. The number of hydrogen-bond donors (Lipinski definition) is 1. The maximum absolute atomic E-state index is 6.28. The molecule has 2 rings (SSSR count). The van der Waals surface area contributed by atoms with Crippen LogP contribution in [0.3, 0.4) is 0 Å². The molecule has 108 valence electrons. The third-order valence-electron chi connectivity index (χ3n) is 3.30. The molecule has 0 amide bonds. The summed E-state index contributed by atoms with van der Waals surface area (Å²) in [7, 11) is 1.92. The number of rotatable bonds is 4. The van der Waals surface area contributed by atoms with Crippen molar-refractivity contribution in [1.29, 1.82) is 0 Å². The molecule has 1 heterocycles. The molecule has 2 N–H and O–H groups in total. The Balaban J connectivity index is 2.30. The predicted octanol–water partition coefficient (Wildman–Crippen LogP) is 4.29. The molecular formula is C14H16BrCl2N3. The van der Waals surface area contributed by atoms with Gasteiger partial charge in [-0.1, -0.05) is 42.3 Å². The van der Waals surface area contributed by atoms with E-state index in [9.17, 15) is 0 Å². The van der Waals surface area contributed by atoms with Gasteiger partial charge in [0, 0.05) is 19.5 Å². The molecule has 3 nitrogen and oxygen atoms in total. The molecule has 0 radical (unpaired) electrons. The van der Waals surface area contributed by atoms with E-state index in [4.69, 9.17) is 28.9 Å². The summed E-state index contributed by atoms with van der Waals surface area (Å²) < 4.78 is 2.89. The van der Waals surface area contributed by atoms with E-state index in [0.717, 1.165) is 27.8 Å². The Kier molecular flexibility index (Phi) is 5.13. The number of nitrogens with two attached hydrogens (primary N) is 1. The fraction of sp³-hybridized carbons (Fsp3) is 0.357. The molecule has 1 atom stereocenters. The molecule has 0 saturated heterocycles. The van der Waals surface area contributed by atoms with Crippen molar-refractivity contribution in [2.45, 2.75) is 25.8 Å². The molecule has 20 heavy (non-hydrogen) atoms. The zero-order valence-corrected chi connectivity index (χ0v) is 14.4. The SMILES string of the molecule is CCc1nn(C)c(CC(N)c2cccc(Cl)c2Cl)c1Br. The van der Waals surface area contributed by atoms with E-state index < -0.39 is 0 Å². The summed E-state index contributed by atoms with van der Waals surface area (Å²) >= 11 is 15.9. The highest BCUT2D eigenvalue weighted by molar-refractivity contribution is 9.10. The first-order valence-electron chi connectivity index (χ1n) is 6.35. The van der Waals surface area contributed by atoms with Gasteiger partial charge in [-0.25, -0.2) is 0 Å². The highest BCUT2D eigenvalue weighted by atomic mass is 79.9. The normalized spacial score (nSPS) is 12.7. The second-order valence-electron chi connectivity index (χ2n) is 4.64. The van der Waals surface area contributed by atoms with Crippen LogP contribution in [0.1, 0.15) is 29.9 Å². The minimum atomic E-state index is -0.224. The Labute approximate surface area is 137 Å². The first-order valence-corrected chi connectivity index (χ1v) is 7.90. The van der Waals surface area contributed by atoms with Crippen molar-refractivity contribution in [3.63, 3.8) is 0 Å². The third-order valence-corrected chi connectivity index (χ3v) is 5.05. The van der Waals surface area contributed by atoms with Crippen LogP contribution in [-0.2, 0) is 19.9 Å². The van der Waals surface area contributed by atoms with Gasteiger partial charge < -0.3 is 5.73 Å². The van der Waals surface area contributed by atoms with Crippen molar-refractivity contribution in [3.8, 4) is 0 Å². The molecule has 2 aromatic rings. The van der Waals surface area contributed by atoms with Gasteiger partial charge >= 0.3 is 0 Å². The van der Waals surface area contributed by atoms with Gasteiger partial charge in [0.1, 0.15) is 0 Å². The molecule has 6 heteroatoms. The van der Waals surface area contributed by atoms with Crippen LogP contribution < -0.4 is 5.73 Å². The summed E-state index contributed by atoms with van der Waals surface area (Å²) in [6.07, 6.45) is 1.52. The van der Waals surface area contributed by atoms with Gasteiger partial charge in [0.15, 0.2) is 0 Å². The molecule has 0 aliphatic carbocycles. The average molecular weight is 377 g/mol. The van der Waals surface area contributed by atoms with E-state index in [1.165, 1.54) is 0 Å². The number of hydrogen-bond acceptors (Lipinski definition) is 2. The summed E-state index contributed by atoms with van der Waals surface area (Å²) in [6.45, 7) is 2.07. The molecule has 1 unspecified atom stereocenters. The van der Waals surface area contributed by atoms with Gasteiger partial charge in [-0.15, -0.1) is 0 Å². The maximum Gasteiger partial charge on any atom is 0.0766 e. The molecule has 1 aromatic heterocycles. The lowest BCUT2D eigenvalue weighted by Crippen LogP contribution is -2.16. The van der Waals surface area contributed by atoms with Gasteiger partial charge in [-0.3, -0.25) is 4.68 Å². The van der Waals surface area contributed by atoms with Gasteiger partial charge in [0.2, 0.25) is 0 Å². The Hall–Kier alpha value is -0.550. The van der Waals surface area contributed by atoms with Gasteiger partial charge in [0.05, 0.1) is 25.9 Å². The minimum Gasteiger partial charge on any atom is -0.324 e. The molecule has 0 saturated carbocycles. The molecule has 0 fully saturated rings. The number of nitrogens with zero attached hydrogens (tertiary/aromatic N) is 2. The summed E-state index contributed by atoms with van der Waals surface area (Å²) in [4.78, 5) is 0. The van der Waals surface area contributed by atoms with Crippen molar-refractivity contribution >= 4 is 39.1 Å². The van der Waals surface area contributed by atoms with Crippen LogP contribution >= 0.6 is 39.1 Å². The maximum atomic E-state index is 6.28. The third kappa shape index (κ3) is 3.03. The van der Waals surface area contributed by atoms with Crippen molar-refractivity contribution < 1.29 is 0 Å². The second-order valence-corrected chi connectivity index (χ2v) is 6.22. The quantitative estimate of drug-likeness (QED) is 0.864. The summed E-state index contributed by atoms with van der Waals surface area (Å²) in [6, 6.07) is 5.30. The van der Waals surface area contributed by atoms with E-state index in [0.29, 0.717) is 16.5 Å². The summed E-state index contributed by atoms with van der Waals surface area (Å²) in [5.41, 5.74) is 9.23. The fourth-order valence-corrected chi connectivity index (χ4v) is 3.39. The molecule has 0 spiro atoms. The number of aryl methyl sites for hydroxylation is 2. The van der Waals surface area contributed by atoms with E-state index in [1.54, 1.807) is 6.07 Å². The van der Waals surface area contributed by atoms with Crippen LogP contribution in [-0.4, -0.2) is 9.78 Å². The van der Waals surface area contributed by atoms with Crippen LogP contribution in [0, 0.1) is 0 Å². The van der Waals surface area contributed by atoms with E-state index in [1.807, 2.05) is 23.9 Å². The van der Waals surface area contributed by atoms with Crippen molar-refractivity contribution in [2.75, 3.05) is 0 Å². The Morgan fingerprint density at radius 1 is 1.40 bits per heavy atom. The number of benzene rings is 1. The summed E-state index contributed by atoms with van der Waals surface area (Å²) in [5, 5.41) is 5.52. The van der Waals surface area contributed by atoms with Crippen molar-refractivity contribution in [3.05, 3.63) is 49.7 Å². The van der Waals surface area contributed by atoms with E-state index in [-0.39, 0.29) is 6.04 Å². The average Bonchev–Trinajstić information content (AvgIpc) is 2.69. The molecule has 1 aromatic carbocycles. The molecular weight excluding hydrogens is 361 g/mol. The van der Waals surface area contributed by atoms with Crippen molar-refractivity contribution in [2.24, 2.45) is 12.8 Å². The van der Waals surface area contributed by atoms with Gasteiger partial charge in [0.25, 0.3) is 0 Å². The zero-order chi connectivity index (χ0) is 14.9. The second kappa shape index (κ2) is 6.48. The molecule has 0 bridgehead atoms. The van der Waals surface area contributed by atoms with E-state index >= 15 is 0 Å². The smallest absolute Gasteiger partial charge is 0.0766 e. The topological polar surface area (TPSA) is 43.8 Å². The van der Waals surface area contributed by atoms with Crippen LogP contribution in [0.5, 0.6) is 0 Å². The molecule has 0 aliphatic heterocycles. The van der Waals surface area contributed by atoms with Crippen LogP contribution in [0.15, 0.2) is 22.7 Å². The predicted molar refractivity (Wildman–Crippen MR) is 87.4 cm³/mol. The number of halogens is 3. The first kappa shape index (κ1) is 15.8. The standard InChI is InChI=1S/C14H16BrCl2N3/c1-3-11-13(15)12(20(2)19-11)7-10(18)8-5-4-6-9(16)14(8)17/h4-6,10H,3,7,18H2,1-2H3. The Bertz CT molecular complexity index is 625. The largest absolute Gasteiger partial charge is 0.324 e. The monoisotopic (exact) mass is 375 g/mol. The lowest BCUT2D eigenvalue weighted by Gasteiger charge is -2.15. The lowest BCUT2D eigenvalue weighted by molar-refractivity contribution is 0.637. The highest BCUT2D eigenvalue weighted by Crippen LogP contribution is 2.32. The number of aromatic nitrogens is 2. The van der Waals surface area contributed by atoms with Crippen molar-refractivity contribution in [1.82, 2.24) is 9.78 Å². The Morgan fingerprint density at radius 2 is 2.10 bits per heavy atom. The lowest BCUT2D eigenvalue weighted by atomic mass is 10.0. The van der Waals surface area contributed by atoms with Crippen LogP contribution in [0.4, 0.5) is 0 Å².